The highest BCUT2D eigenvalue weighted by atomic mass is 16.2. The first-order valence-corrected chi connectivity index (χ1v) is 6.27. The van der Waals surface area contributed by atoms with E-state index >= 15 is 0 Å². The summed E-state index contributed by atoms with van der Waals surface area (Å²) in [5.41, 5.74) is 2.32. The summed E-state index contributed by atoms with van der Waals surface area (Å²) in [6.07, 6.45) is 11.2. The molecule has 0 aliphatic carbocycles. The molecule has 1 unspecified atom stereocenters. The van der Waals surface area contributed by atoms with Crippen molar-refractivity contribution in [2.75, 3.05) is 0 Å². The van der Waals surface area contributed by atoms with Gasteiger partial charge in [0.15, 0.2) is 0 Å². The third-order valence-electron chi connectivity index (χ3n) is 3.12. The van der Waals surface area contributed by atoms with E-state index in [-0.39, 0.29) is 11.9 Å². The van der Waals surface area contributed by atoms with Gasteiger partial charge >= 0.3 is 0 Å². The Bertz CT molecular complexity index is 554. The molecule has 0 saturated heterocycles. The second-order valence-corrected chi connectivity index (χ2v) is 4.33. The Balaban J connectivity index is 2.36. The van der Waals surface area contributed by atoms with Crippen molar-refractivity contribution >= 4 is 12.0 Å². The number of hydrogen-bond acceptors (Lipinski definition) is 1. The van der Waals surface area contributed by atoms with E-state index in [0.29, 0.717) is 0 Å². The predicted octanol–water partition coefficient (Wildman–Crippen LogP) is 3.86. The van der Waals surface area contributed by atoms with E-state index in [4.69, 9.17) is 0 Å². The standard InChI is InChI=1S/C17H17NO/c1-3-5-11-17(19)18-13-12-14-9-6-7-10-15(14)16(18)8-4-2/h3-7,9-13,16H,1-2,8H2/b11-5+. The van der Waals surface area contributed by atoms with E-state index in [0.717, 1.165) is 17.5 Å². The summed E-state index contributed by atoms with van der Waals surface area (Å²) in [6.45, 7) is 7.36. The van der Waals surface area contributed by atoms with Crippen molar-refractivity contribution in [2.24, 2.45) is 0 Å². The van der Waals surface area contributed by atoms with Crippen molar-refractivity contribution < 1.29 is 4.79 Å². The third-order valence-corrected chi connectivity index (χ3v) is 3.12. The van der Waals surface area contributed by atoms with Crippen LogP contribution in [0, 0.1) is 0 Å². The SMILES string of the molecule is C=C/C=C/C(=O)N1C=Cc2ccccc2C1CC=C. The molecule has 1 aliphatic heterocycles. The summed E-state index contributed by atoms with van der Waals surface area (Å²) in [6, 6.07) is 8.13. The normalized spacial score (nSPS) is 17.3. The smallest absolute Gasteiger partial charge is 0.251 e. The molecule has 1 heterocycles. The van der Waals surface area contributed by atoms with E-state index < -0.39 is 0 Å². The van der Waals surface area contributed by atoms with Gasteiger partial charge in [0, 0.05) is 12.3 Å². The Morgan fingerprint density at radius 3 is 2.84 bits per heavy atom. The van der Waals surface area contributed by atoms with Crippen LogP contribution < -0.4 is 0 Å². The zero-order valence-electron chi connectivity index (χ0n) is 10.8. The average Bonchev–Trinajstić information content (AvgIpc) is 2.45. The van der Waals surface area contributed by atoms with Gasteiger partial charge in [0.1, 0.15) is 0 Å². The van der Waals surface area contributed by atoms with E-state index in [1.807, 2.05) is 30.5 Å². The molecule has 1 aromatic rings. The molecule has 1 amide bonds. The summed E-state index contributed by atoms with van der Waals surface area (Å²) in [5, 5.41) is 0. The number of benzene rings is 1. The minimum atomic E-state index is -0.0440. The molecule has 2 rings (SSSR count). The van der Waals surface area contributed by atoms with Crippen LogP contribution in [0.3, 0.4) is 0 Å². The van der Waals surface area contributed by atoms with Gasteiger partial charge in [-0.3, -0.25) is 4.79 Å². The molecule has 0 spiro atoms. The molecular formula is C17H17NO. The number of nitrogens with zero attached hydrogens (tertiary/aromatic N) is 1. The predicted molar refractivity (Wildman–Crippen MR) is 79.2 cm³/mol. The number of hydrogen-bond donors (Lipinski definition) is 0. The summed E-state index contributed by atoms with van der Waals surface area (Å²) >= 11 is 0. The second-order valence-electron chi connectivity index (χ2n) is 4.33. The Labute approximate surface area is 114 Å². The molecule has 0 fully saturated rings. The first kappa shape index (κ1) is 13.1. The van der Waals surface area contributed by atoms with Gasteiger partial charge in [-0.2, -0.15) is 0 Å². The highest BCUT2D eigenvalue weighted by Crippen LogP contribution is 2.32. The van der Waals surface area contributed by atoms with Crippen molar-refractivity contribution in [3.05, 3.63) is 79.1 Å². The number of carbonyl (C=O) groups is 1. The van der Waals surface area contributed by atoms with Crippen LogP contribution in [0.4, 0.5) is 0 Å². The van der Waals surface area contributed by atoms with Crippen molar-refractivity contribution in [1.82, 2.24) is 4.90 Å². The van der Waals surface area contributed by atoms with E-state index in [9.17, 15) is 4.79 Å². The molecule has 2 heteroatoms. The van der Waals surface area contributed by atoms with Gasteiger partial charge in [-0.05, 0) is 23.6 Å². The zero-order valence-corrected chi connectivity index (χ0v) is 10.8. The molecule has 0 aromatic heterocycles. The fourth-order valence-electron chi connectivity index (χ4n) is 2.24. The summed E-state index contributed by atoms with van der Waals surface area (Å²) < 4.78 is 0. The fourth-order valence-corrected chi connectivity index (χ4v) is 2.24. The van der Waals surface area contributed by atoms with Crippen molar-refractivity contribution in [2.45, 2.75) is 12.5 Å². The third kappa shape index (κ3) is 2.74. The first-order chi connectivity index (χ1) is 9.27. The molecule has 1 aliphatic rings. The van der Waals surface area contributed by atoms with Crippen LogP contribution in [-0.4, -0.2) is 10.8 Å². The van der Waals surface area contributed by atoms with Crippen LogP contribution in [-0.2, 0) is 4.79 Å². The van der Waals surface area contributed by atoms with Crippen LogP contribution in [0.5, 0.6) is 0 Å². The molecule has 1 atom stereocenters. The lowest BCUT2D eigenvalue weighted by atomic mass is 9.94. The second kappa shape index (κ2) is 6.01. The maximum atomic E-state index is 12.2. The minimum absolute atomic E-state index is 0.0145. The first-order valence-electron chi connectivity index (χ1n) is 6.27. The van der Waals surface area contributed by atoms with Crippen LogP contribution in [0.2, 0.25) is 0 Å². The molecule has 2 nitrogen and oxygen atoms in total. The monoisotopic (exact) mass is 251 g/mol. The molecule has 0 N–H and O–H groups in total. The Morgan fingerprint density at radius 1 is 1.32 bits per heavy atom. The molecule has 0 radical (unpaired) electrons. The van der Waals surface area contributed by atoms with Crippen LogP contribution >= 0.6 is 0 Å². The summed E-state index contributed by atoms with van der Waals surface area (Å²) in [4.78, 5) is 13.9. The maximum Gasteiger partial charge on any atom is 0.251 e. The topological polar surface area (TPSA) is 20.3 Å². The highest BCUT2D eigenvalue weighted by Gasteiger charge is 2.25. The summed E-state index contributed by atoms with van der Waals surface area (Å²) in [7, 11) is 0. The number of carbonyl (C=O) groups excluding carboxylic acids is 1. The van der Waals surface area contributed by atoms with Crippen molar-refractivity contribution in [1.29, 1.82) is 0 Å². The van der Waals surface area contributed by atoms with Crippen LogP contribution in [0.15, 0.2) is 67.9 Å². The van der Waals surface area contributed by atoms with E-state index in [1.54, 1.807) is 17.1 Å². The van der Waals surface area contributed by atoms with Gasteiger partial charge in [-0.1, -0.05) is 49.1 Å². The molecule has 96 valence electrons. The van der Waals surface area contributed by atoms with Crippen molar-refractivity contribution in [3.63, 3.8) is 0 Å². The Morgan fingerprint density at radius 2 is 2.11 bits per heavy atom. The number of allylic oxidation sites excluding steroid dienone is 2. The lowest BCUT2D eigenvalue weighted by molar-refractivity contribution is -0.125. The van der Waals surface area contributed by atoms with Gasteiger partial charge < -0.3 is 4.90 Å². The minimum Gasteiger partial charge on any atom is -0.308 e. The quantitative estimate of drug-likeness (QED) is 0.452. The average molecular weight is 251 g/mol. The van der Waals surface area contributed by atoms with Crippen LogP contribution in [0.25, 0.3) is 6.08 Å². The molecular weight excluding hydrogens is 234 g/mol. The van der Waals surface area contributed by atoms with Crippen molar-refractivity contribution in [3.8, 4) is 0 Å². The Kier molecular flexibility index (Phi) is 4.14. The highest BCUT2D eigenvalue weighted by molar-refractivity contribution is 5.90. The summed E-state index contributed by atoms with van der Waals surface area (Å²) in [5.74, 6) is -0.0440. The van der Waals surface area contributed by atoms with Crippen LogP contribution in [0.1, 0.15) is 23.6 Å². The van der Waals surface area contributed by atoms with Gasteiger partial charge in [-0.25, -0.2) is 0 Å². The number of fused-ring (bicyclic) bond motifs is 1. The zero-order chi connectivity index (χ0) is 13.7. The largest absolute Gasteiger partial charge is 0.308 e. The van der Waals surface area contributed by atoms with Gasteiger partial charge in [0.25, 0.3) is 5.91 Å². The fraction of sp³-hybridized carbons (Fsp3) is 0.118. The molecule has 1 aromatic carbocycles. The van der Waals surface area contributed by atoms with Gasteiger partial charge in [-0.15, -0.1) is 6.58 Å². The lowest BCUT2D eigenvalue weighted by Gasteiger charge is -2.32. The van der Waals surface area contributed by atoms with Gasteiger partial charge in [0.05, 0.1) is 6.04 Å². The molecule has 0 bridgehead atoms. The Hall–Kier alpha value is -2.35. The molecule has 0 saturated carbocycles. The van der Waals surface area contributed by atoms with E-state index in [1.165, 1.54) is 6.08 Å². The number of rotatable bonds is 4. The van der Waals surface area contributed by atoms with Gasteiger partial charge in [0.2, 0.25) is 0 Å². The lowest BCUT2D eigenvalue weighted by Crippen LogP contribution is -2.31. The van der Waals surface area contributed by atoms with E-state index in [2.05, 4.69) is 25.3 Å². The maximum absolute atomic E-state index is 12.2. The molecule has 19 heavy (non-hydrogen) atoms. The number of amides is 1.